The van der Waals surface area contributed by atoms with E-state index < -0.39 is 5.97 Å². The van der Waals surface area contributed by atoms with Crippen molar-refractivity contribution in [3.63, 3.8) is 0 Å². The average Bonchev–Trinajstić information content (AvgIpc) is 2.79. The van der Waals surface area contributed by atoms with Crippen LogP contribution in [0.5, 0.6) is 0 Å². The number of hydrogen-bond donors (Lipinski definition) is 2. The molecule has 1 aliphatic carbocycles. The number of aliphatic carboxylic acids is 1. The molecule has 1 aliphatic heterocycles. The van der Waals surface area contributed by atoms with E-state index in [2.05, 4.69) is 10.2 Å². The molecule has 114 valence electrons. The molecule has 0 bridgehead atoms. The van der Waals surface area contributed by atoms with E-state index in [1.165, 1.54) is 19.3 Å². The third-order valence-corrected chi connectivity index (χ3v) is 4.63. The zero-order valence-corrected chi connectivity index (χ0v) is 12.3. The summed E-state index contributed by atoms with van der Waals surface area (Å²) in [6.45, 7) is 4.01. The fourth-order valence-corrected chi connectivity index (χ4v) is 3.38. The number of nitrogens with zero attached hydrogens (tertiary/aromatic N) is 1. The maximum atomic E-state index is 11.9. The Morgan fingerprint density at radius 1 is 1.20 bits per heavy atom. The number of carbonyl (C=O) groups excluding carboxylic acids is 1. The maximum Gasteiger partial charge on any atom is 0.308 e. The predicted molar refractivity (Wildman–Crippen MR) is 76.4 cm³/mol. The SMILES string of the molecule is C[C@@H]1CN(CCC(=O)NC2CCCCC2)C[C@H]1C(=O)O. The first-order valence-electron chi connectivity index (χ1n) is 7.81. The van der Waals surface area contributed by atoms with Crippen LogP contribution in [-0.4, -0.2) is 47.6 Å². The van der Waals surface area contributed by atoms with E-state index in [0.29, 0.717) is 25.6 Å². The molecule has 1 amide bonds. The highest BCUT2D eigenvalue weighted by Gasteiger charge is 2.34. The van der Waals surface area contributed by atoms with Crippen LogP contribution in [0.3, 0.4) is 0 Å². The Kier molecular flexibility index (Phi) is 5.40. The van der Waals surface area contributed by atoms with Crippen molar-refractivity contribution < 1.29 is 14.7 Å². The van der Waals surface area contributed by atoms with Gasteiger partial charge < -0.3 is 15.3 Å². The van der Waals surface area contributed by atoms with E-state index in [1.807, 2.05) is 6.92 Å². The lowest BCUT2D eigenvalue weighted by molar-refractivity contribution is -0.142. The smallest absolute Gasteiger partial charge is 0.308 e. The van der Waals surface area contributed by atoms with Crippen molar-refractivity contribution in [3.8, 4) is 0 Å². The monoisotopic (exact) mass is 282 g/mol. The first kappa shape index (κ1) is 15.3. The highest BCUT2D eigenvalue weighted by molar-refractivity contribution is 5.76. The van der Waals surface area contributed by atoms with Crippen LogP contribution in [0.25, 0.3) is 0 Å². The molecule has 0 unspecified atom stereocenters. The minimum absolute atomic E-state index is 0.114. The number of amides is 1. The van der Waals surface area contributed by atoms with Crippen molar-refractivity contribution in [2.24, 2.45) is 11.8 Å². The van der Waals surface area contributed by atoms with Crippen molar-refractivity contribution in [3.05, 3.63) is 0 Å². The molecule has 1 saturated heterocycles. The first-order valence-corrected chi connectivity index (χ1v) is 7.81. The molecular formula is C15H26N2O3. The molecule has 0 spiro atoms. The van der Waals surface area contributed by atoms with Crippen molar-refractivity contribution in [2.45, 2.75) is 51.5 Å². The van der Waals surface area contributed by atoms with Gasteiger partial charge in [-0.2, -0.15) is 0 Å². The lowest BCUT2D eigenvalue weighted by atomic mass is 9.95. The van der Waals surface area contributed by atoms with Crippen LogP contribution in [0.2, 0.25) is 0 Å². The third kappa shape index (κ3) is 4.20. The highest BCUT2D eigenvalue weighted by atomic mass is 16.4. The van der Waals surface area contributed by atoms with Crippen molar-refractivity contribution in [2.75, 3.05) is 19.6 Å². The summed E-state index contributed by atoms with van der Waals surface area (Å²) >= 11 is 0. The largest absolute Gasteiger partial charge is 0.481 e. The summed E-state index contributed by atoms with van der Waals surface area (Å²) in [5.74, 6) is -0.708. The predicted octanol–water partition coefficient (Wildman–Crippen LogP) is 1.48. The molecule has 5 heteroatoms. The van der Waals surface area contributed by atoms with Gasteiger partial charge in [0.25, 0.3) is 0 Å². The molecule has 20 heavy (non-hydrogen) atoms. The van der Waals surface area contributed by atoms with Gasteiger partial charge >= 0.3 is 5.97 Å². The highest BCUT2D eigenvalue weighted by Crippen LogP contribution is 2.23. The minimum Gasteiger partial charge on any atom is -0.481 e. The van der Waals surface area contributed by atoms with Crippen LogP contribution in [0.1, 0.15) is 45.4 Å². The molecule has 0 aromatic rings. The molecule has 0 aromatic carbocycles. The molecule has 2 fully saturated rings. The third-order valence-electron chi connectivity index (χ3n) is 4.63. The molecule has 0 radical (unpaired) electrons. The van der Waals surface area contributed by atoms with Crippen LogP contribution >= 0.6 is 0 Å². The molecule has 2 N–H and O–H groups in total. The van der Waals surface area contributed by atoms with Gasteiger partial charge in [-0.1, -0.05) is 26.2 Å². The summed E-state index contributed by atoms with van der Waals surface area (Å²) < 4.78 is 0. The molecule has 0 aromatic heterocycles. The minimum atomic E-state index is -0.716. The van der Waals surface area contributed by atoms with Crippen LogP contribution in [0.15, 0.2) is 0 Å². The van der Waals surface area contributed by atoms with E-state index in [0.717, 1.165) is 19.4 Å². The molecule has 1 saturated carbocycles. The van der Waals surface area contributed by atoms with Crippen molar-refractivity contribution >= 4 is 11.9 Å². The van der Waals surface area contributed by atoms with Gasteiger partial charge in [-0.25, -0.2) is 0 Å². The standard InChI is InChI=1S/C15H26N2O3/c1-11-9-17(10-13(11)15(19)20)8-7-14(18)16-12-5-3-2-4-6-12/h11-13H,2-10H2,1H3,(H,16,18)(H,19,20)/t11-,13-/m1/s1. The summed E-state index contributed by atoms with van der Waals surface area (Å²) in [5, 5.41) is 12.2. The molecular weight excluding hydrogens is 256 g/mol. The Labute approximate surface area is 120 Å². The summed E-state index contributed by atoms with van der Waals surface area (Å²) in [7, 11) is 0. The topological polar surface area (TPSA) is 69.6 Å². The van der Waals surface area contributed by atoms with Crippen molar-refractivity contribution in [1.82, 2.24) is 10.2 Å². The second-order valence-electron chi connectivity index (χ2n) is 6.33. The van der Waals surface area contributed by atoms with Gasteiger partial charge in [0.2, 0.25) is 5.91 Å². The Balaban J connectivity index is 1.67. The lowest BCUT2D eigenvalue weighted by Gasteiger charge is -2.23. The number of hydrogen-bond acceptors (Lipinski definition) is 3. The number of likely N-dealkylation sites (tertiary alicyclic amines) is 1. The Bertz CT molecular complexity index is 353. The number of carboxylic acids is 1. The van der Waals surface area contributed by atoms with E-state index >= 15 is 0 Å². The number of rotatable bonds is 5. The molecule has 2 aliphatic rings. The molecule has 5 nitrogen and oxygen atoms in total. The number of carboxylic acid groups (broad SMARTS) is 1. The van der Waals surface area contributed by atoms with E-state index in [1.54, 1.807) is 0 Å². The van der Waals surface area contributed by atoms with Gasteiger partial charge in [0, 0.05) is 32.1 Å². The van der Waals surface area contributed by atoms with E-state index in [-0.39, 0.29) is 17.7 Å². The zero-order valence-electron chi connectivity index (χ0n) is 12.3. The maximum absolute atomic E-state index is 11.9. The quantitative estimate of drug-likeness (QED) is 0.801. The van der Waals surface area contributed by atoms with Crippen molar-refractivity contribution in [1.29, 1.82) is 0 Å². The molecule has 2 atom stereocenters. The fourth-order valence-electron chi connectivity index (χ4n) is 3.38. The van der Waals surface area contributed by atoms with Gasteiger partial charge in [0.15, 0.2) is 0 Å². The molecule has 2 rings (SSSR count). The Morgan fingerprint density at radius 2 is 1.90 bits per heavy atom. The normalized spacial score (nSPS) is 28.4. The second-order valence-corrected chi connectivity index (χ2v) is 6.33. The summed E-state index contributed by atoms with van der Waals surface area (Å²) in [4.78, 5) is 25.1. The number of carbonyl (C=O) groups is 2. The van der Waals surface area contributed by atoms with Crippen LogP contribution in [0.4, 0.5) is 0 Å². The number of nitrogens with one attached hydrogen (secondary N) is 1. The summed E-state index contributed by atoms with van der Waals surface area (Å²) in [6, 6.07) is 0.362. The van der Waals surface area contributed by atoms with Gasteiger partial charge in [0.05, 0.1) is 5.92 Å². The molecule has 1 heterocycles. The van der Waals surface area contributed by atoms with E-state index in [4.69, 9.17) is 5.11 Å². The van der Waals surface area contributed by atoms with Gasteiger partial charge in [0.1, 0.15) is 0 Å². The zero-order chi connectivity index (χ0) is 14.5. The van der Waals surface area contributed by atoms with Crippen LogP contribution in [0, 0.1) is 11.8 Å². The van der Waals surface area contributed by atoms with Gasteiger partial charge in [-0.05, 0) is 18.8 Å². The Morgan fingerprint density at radius 3 is 2.50 bits per heavy atom. The average molecular weight is 282 g/mol. The van der Waals surface area contributed by atoms with Gasteiger partial charge in [-0.3, -0.25) is 9.59 Å². The summed E-state index contributed by atoms with van der Waals surface area (Å²) in [5.41, 5.74) is 0. The lowest BCUT2D eigenvalue weighted by Crippen LogP contribution is -2.38. The van der Waals surface area contributed by atoms with Crippen LogP contribution < -0.4 is 5.32 Å². The van der Waals surface area contributed by atoms with Crippen LogP contribution in [-0.2, 0) is 9.59 Å². The summed E-state index contributed by atoms with van der Waals surface area (Å²) in [6.07, 6.45) is 6.41. The first-order chi connectivity index (χ1) is 9.56. The van der Waals surface area contributed by atoms with E-state index in [9.17, 15) is 9.59 Å². The van der Waals surface area contributed by atoms with Gasteiger partial charge in [-0.15, -0.1) is 0 Å². The Hall–Kier alpha value is -1.10. The fraction of sp³-hybridized carbons (Fsp3) is 0.867. The second kappa shape index (κ2) is 7.07.